The summed E-state index contributed by atoms with van der Waals surface area (Å²) in [4.78, 5) is 16.4. The number of hydrogen-bond acceptors (Lipinski definition) is 2. The third kappa shape index (κ3) is 11.1. The molecule has 0 aliphatic carbocycles. The number of amides is 1. The number of hydrogen-bond donors (Lipinski definition) is 0. The molecule has 15 heavy (non-hydrogen) atoms. The van der Waals surface area contributed by atoms with Crippen molar-refractivity contribution in [3.05, 3.63) is 0 Å². The van der Waals surface area contributed by atoms with E-state index in [9.17, 15) is 4.79 Å². The van der Waals surface area contributed by atoms with Gasteiger partial charge in [-0.1, -0.05) is 41.5 Å². The summed E-state index contributed by atoms with van der Waals surface area (Å²) in [6.07, 6.45) is 1.40. The molecule has 0 unspecified atom stereocenters. The largest absolute Gasteiger partial charge is 0.336 e. The molecular formula is C12H28N2O. The zero-order chi connectivity index (χ0) is 12.7. The smallest absolute Gasteiger partial charge is 0.264 e. The summed E-state index contributed by atoms with van der Waals surface area (Å²) in [7, 11) is 0. The molecule has 0 N–H and O–H groups in total. The fraction of sp³-hybridized carbons (Fsp3) is 0.833. The highest BCUT2D eigenvalue weighted by atomic mass is 16.2. The Labute approximate surface area is 95.6 Å². The summed E-state index contributed by atoms with van der Waals surface area (Å²) >= 11 is 0. The van der Waals surface area contributed by atoms with Gasteiger partial charge in [0.25, 0.3) is 5.91 Å². The maximum atomic E-state index is 10.8. The molecule has 0 spiro atoms. The van der Waals surface area contributed by atoms with E-state index in [2.05, 4.69) is 4.99 Å². The topological polar surface area (TPSA) is 32.7 Å². The first-order chi connectivity index (χ1) is 7.34. The monoisotopic (exact) mass is 216 g/mol. The average molecular weight is 216 g/mol. The number of rotatable bonds is 1. The van der Waals surface area contributed by atoms with Crippen LogP contribution in [-0.2, 0) is 4.79 Å². The van der Waals surface area contributed by atoms with Gasteiger partial charge in [-0.05, 0) is 6.92 Å². The summed E-state index contributed by atoms with van der Waals surface area (Å²) in [5.41, 5.74) is 0. The molecule has 3 heteroatoms. The van der Waals surface area contributed by atoms with E-state index in [0.717, 1.165) is 19.6 Å². The van der Waals surface area contributed by atoms with Gasteiger partial charge in [-0.3, -0.25) is 9.79 Å². The van der Waals surface area contributed by atoms with E-state index in [1.165, 1.54) is 6.21 Å². The Morgan fingerprint density at radius 3 is 1.93 bits per heavy atom. The third-order valence-electron chi connectivity index (χ3n) is 1.39. The first-order valence-electron chi connectivity index (χ1n) is 6.13. The van der Waals surface area contributed by atoms with Crippen LogP contribution in [0.4, 0.5) is 0 Å². The van der Waals surface area contributed by atoms with Crippen molar-refractivity contribution in [2.75, 3.05) is 19.6 Å². The fourth-order valence-corrected chi connectivity index (χ4v) is 0.827. The van der Waals surface area contributed by atoms with E-state index in [-0.39, 0.29) is 5.91 Å². The molecule has 1 amide bonds. The lowest BCUT2D eigenvalue weighted by atomic mass is 10.4. The number of carbonyl (C=O) groups is 1. The highest BCUT2D eigenvalue weighted by molar-refractivity contribution is 6.26. The van der Waals surface area contributed by atoms with Crippen LogP contribution in [0.1, 0.15) is 48.5 Å². The van der Waals surface area contributed by atoms with Crippen molar-refractivity contribution in [1.82, 2.24) is 4.90 Å². The molecular weight excluding hydrogens is 188 g/mol. The van der Waals surface area contributed by atoms with Crippen LogP contribution in [-0.4, -0.2) is 36.7 Å². The van der Waals surface area contributed by atoms with Crippen molar-refractivity contribution in [3.8, 4) is 0 Å². The Kier molecular flexibility index (Phi) is 24.7. The second-order valence-corrected chi connectivity index (χ2v) is 1.95. The van der Waals surface area contributed by atoms with E-state index in [1.807, 2.05) is 48.5 Å². The quantitative estimate of drug-likeness (QED) is 0.663. The van der Waals surface area contributed by atoms with Gasteiger partial charge in [0.15, 0.2) is 0 Å². The van der Waals surface area contributed by atoms with E-state index in [4.69, 9.17) is 0 Å². The molecule has 0 aromatic heterocycles. The van der Waals surface area contributed by atoms with Gasteiger partial charge >= 0.3 is 0 Å². The zero-order valence-electron chi connectivity index (χ0n) is 11.5. The minimum atomic E-state index is 0.0451. The van der Waals surface area contributed by atoms with E-state index in [1.54, 1.807) is 4.90 Å². The normalized spacial score (nSPS) is 12.5. The lowest BCUT2D eigenvalue weighted by Crippen LogP contribution is -2.36. The second-order valence-electron chi connectivity index (χ2n) is 1.95. The Morgan fingerprint density at radius 1 is 1.20 bits per heavy atom. The van der Waals surface area contributed by atoms with Crippen LogP contribution in [0, 0.1) is 0 Å². The Balaban J connectivity index is -0.000000208. The molecule has 0 saturated carbocycles. The molecule has 0 aromatic carbocycles. The van der Waals surface area contributed by atoms with Crippen molar-refractivity contribution >= 4 is 12.1 Å². The number of nitrogens with zero attached hydrogens (tertiary/aromatic N) is 2. The summed E-state index contributed by atoms with van der Waals surface area (Å²) in [6, 6.07) is 0. The molecule has 1 aliphatic rings. The molecule has 0 aromatic rings. The Morgan fingerprint density at radius 2 is 1.67 bits per heavy atom. The molecule has 1 aliphatic heterocycles. The first-order valence-corrected chi connectivity index (χ1v) is 6.13. The first kappa shape index (κ1) is 19.7. The average Bonchev–Trinajstić information content (AvgIpc) is 2.37. The molecule has 0 saturated heterocycles. The molecule has 0 bridgehead atoms. The zero-order valence-corrected chi connectivity index (χ0v) is 11.5. The highest BCUT2D eigenvalue weighted by Gasteiger charge is 2.10. The molecule has 1 rings (SSSR count). The van der Waals surface area contributed by atoms with Crippen molar-refractivity contribution < 1.29 is 4.79 Å². The lowest BCUT2D eigenvalue weighted by Gasteiger charge is -2.20. The number of likely N-dealkylation sites (N-methyl/N-ethyl adjacent to an activating group) is 1. The van der Waals surface area contributed by atoms with Crippen molar-refractivity contribution in [3.63, 3.8) is 0 Å². The van der Waals surface area contributed by atoms with Crippen LogP contribution in [0.3, 0.4) is 0 Å². The lowest BCUT2D eigenvalue weighted by molar-refractivity contribution is -0.123. The summed E-state index contributed by atoms with van der Waals surface area (Å²) in [5, 5.41) is 0. The van der Waals surface area contributed by atoms with Crippen molar-refractivity contribution in [2.45, 2.75) is 48.5 Å². The highest BCUT2D eigenvalue weighted by Crippen LogP contribution is 1.92. The van der Waals surface area contributed by atoms with Crippen molar-refractivity contribution in [1.29, 1.82) is 0 Å². The Hall–Kier alpha value is -0.860. The maximum Gasteiger partial charge on any atom is 0.264 e. The minimum Gasteiger partial charge on any atom is -0.336 e. The number of aliphatic imine (C=N–C) groups is 1. The molecule has 0 fully saturated rings. The van der Waals surface area contributed by atoms with Gasteiger partial charge in [-0.2, -0.15) is 0 Å². The fourth-order valence-electron chi connectivity index (χ4n) is 0.827. The van der Waals surface area contributed by atoms with E-state index >= 15 is 0 Å². The predicted molar refractivity (Wildman–Crippen MR) is 69.7 cm³/mol. The van der Waals surface area contributed by atoms with Gasteiger partial charge in [-0.25, -0.2) is 0 Å². The second kappa shape index (κ2) is 18.8. The summed E-state index contributed by atoms with van der Waals surface area (Å²) in [5.74, 6) is 0.0451. The SMILES string of the molecule is CC.CC.CC.CCN1CCN=CC1=O. The van der Waals surface area contributed by atoms with Crippen LogP contribution in [0.15, 0.2) is 4.99 Å². The van der Waals surface area contributed by atoms with Crippen LogP contribution in [0.2, 0.25) is 0 Å². The summed E-state index contributed by atoms with van der Waals surface area (Å²) < 4.78 is 0. The van der Waals surface area contributed by atoms with E-state index in [0.29, 0.717) is 0 Å². The van der Waals surface area contributed by atoms with Crippen LogP contribution >= 0.6 is 0 Å². The molecule has 92 valence electrons. The summed E-state index contributed by atoms with van der Waals surface area (Å²) in [6.45, 7) is 16.3. The number of carbonyl (C=O) groups excluding carboxylic acids is 1. The molecule has 1 heterocycles. The standard InChI is InChI=1S/C6H10N2O.3C2H6/c1-2-8-4-3-7-5-6(8)9;3*1-2/h5H,2-4H2,1H3;3*1-2H3. The van der Waals surface area contributed by atoms with Crippen LogP contribution in [0.25, 0.3) is 0 Å². The third-order valence-corrected chi connectivity index (χ3v) is 1.39. The van der Waals surface area contributed by atoms with Gasteiger partial charge in [-0.15, -0.1) is 0 Å². The molecule has 0 atom stereocenters. The van der Waals surface area contributed by atoms with Gasteiger partial charge in [0.2, 0.25) is 0 Å². The minimum absolute atomic E-state index is 0.0451. The predicted octanol–water partition coefficient (Wildman–Crippen LogP) is 3.00. The van der Waals surface area contributed by atoms with Gasteiger partial charge in [0, 0.05) is 13.1 Å². The van der Waals surface area contributed by atoms with Crippen LogP contribution in [0.5, 0.6) is 0 Å². The van der Waals surface area contributed by atoms with Gasteiger partial charge in [0.1, 0.15) is 0 Å². The van der Waals surface area contributed by atoms with Gasteiger partial charge in [0.05, 0.1) is 12.8 Å². The maximum absolute atomic E-state index is 10.8. The van der Waals surface area contributed by atoms with E-state index < -0.39 is 0 Å². The Bertz CT molecular complexity index is 145. The van der Waals surface area contributed by atoms with Crippen LogP contribution < -0.4 is 0 Å². The molecule has 3 nitrogen and oxygen atoms in total. The van der Waals surface area contributed by atoms with Crippen molar-refractivity contribution in [2.24, 2.45) is 4.99 Å². The molecule has 0 radical (unpaired) electrons. The van der Waals surface area contributed by atoms with Gasteiger partial charge < -0.3 is 4.90 Å².